The van der Waals surface area contributed by atoms with Crippen LogP contribution in [0.5, 0.6) is 0 Å². The summed E-state index contributed by atoms with van der Waals surface area (Å²) in [5.41, 5.74) is 0.325. The summed E-state index contributed by atoms with van der Waals surface area (Å²) < 4.78 is 18.2. The van der Waals surface area contributed by atoms with E-state index >= 15 is 0 Å². The van der Waals surface area contributed by atoms with Crippen molar-refractivity contribution in [2.45, 2.75) is 32.9 Å². The molecule has 1 amide bonds. The third-order valence-corrected chi connectivity index (χ3v) is 2.45. The summed E-state index contributed by atoms with van der Waals surface area (Å²) in [6, 6.07) is 6.19. The molecule has 0 fully saturated rings. The molecule has 0 spiro atoms. The average molecular weight is 293 g/mol. The monoisotopic (exact) mass is 293 g/mol. The Hall–Kier alpha value is -2.13. The molecular weight excluding hydrogens is 273 g/mol. The van der Waals surface area contributed by atoms with Gasteiger partial charge in [-0.15, -0.1) is 0 Å². The number of alkyl carbamates (subject to hydrolysis) is 1. The van der Waals surface area contributed by atoms with Crippen molar-refractivity contribution in [1.29, 1.82) is 5.26 Å². The summed E-state index contributed by atoms with van der Waals surface area (Å²) >= 11 is 0. The van der Waals surface area contributed by atoms with E-state index in [9.17, 15) is 9.18 Å². The predicted molar refractivity (Wildman–Crippen MR) is 77.1 cm³/mol. The zero-order chi connectivity index (χ0) is 15.9. The highest BCUT2D eigenvalue weighted by Gasteiger charge is 2.15. The molecule has 6 heteroatoms. The Labute approximate surface area is 124 Å². The maximum absolute atomic E-state index is 13.1. The first-order chi connectivity index (χ1) is 9.81. The molecule has 0 heterocycles. The number of carbonyl (C=O) groups is 1. The van der Waals surface area contributed by atoms with Crippen LogP contribution in [0.2, 0.25) is 0 Å². The van der Waals surface area contributed by atoms with E-state index in [1.54, 1.807) is 32.9 Å². The molecule has 114 valence electrons. The maximum atomic E-state index is 13.1. The Morgan fingerprint density at radius 1 is 1.38 bits per heavy atom. The van der Waals surface area contributed by atoms with E-state index in [0.29, 0.717) is 19.6 Å². The zero-order valence-corrected chi connectivity index (χ0v) is 12.5. The van der Waals surface area contributed by atoms with Crippen molar-refractivity contribution in [1.82, 2.24) is 10.6 Å². The minimum Gasteiger partial charge on any atom is -0.444 e. The second-order valence-corrected chi connectivity index (χ2v) is 5.53. The van der Waals surface area contributed by atoms with E-state index in [2.05, 4.69) is 10.6 Å². The topological polar surface area (TPSA) is 74.2 Å². The van der Waals surface area contributed by atoms with Gasteiger partial charge in [-0.25, -0.2) is 9.18 Å². The lowest BCUT2D eigenvalue weighted by Gasteiger charge is -2.19. The van der Waals surface area contributed by atoms with E-state index < -0.39 is 17.5 Å². The van der Waals surface area contributed by atoms with Gasteiger partial charge in [0.05, 0.1) is 5.56 Å². The number of carbonyl (C=O) groups excluding carboxylic acids is 1. The third-order valence-electron chi connectivity index (χ3n) is 2.45. The van der Waals surface area contributed by atoms with Crippen molar-refractivity contribution in [3.05, 3.63) is 35.1 Å². The first-order valence-electron chi connectivity index (χ1n) is 6.68. The molecule has 21 heavy (non-hydrogen) atoms. The van der Waals surface area contributed by atoms with Crippen LogP contribution in [0.25, 0.3) is 0 Å². The van der Waals surface area contributed by atoms with Gasteiger partial charge in [0.15, 0.2) is 0 Å². The molecule has 0 saturated heterocycles. The fourth-order valence-corrected chi connectivity index (χ4v) is 1.57. The van der Waals surface area contributed by atoms with Crippen LogP contribution in [0.4, 0.5) is 9.18 Å². The van der Waals surface area contributed by atoms with E-state index in [0.717, 1.165) is 5.56 Å². The number of amides is 1. The van der Waals surface area contributed by atoms with Crippen molar-refractivity contribution >= 4 is 6.09 Å². The number of hydrogen-bond acceptors (Lipinski definition) is 4. The van der Waals surface area contributed by atoms with Gasteiger partial charge in [0.25, 0.3) is 0 Å². The lowest BCUT2D eigenvalue weighted by atomic mass is 10.1. The molecule has 0 aliphatic rings. The Morgan fingerprint density at radius 2 is 2.10 bits per heavy atom. The quantitative estimate of drug-likeness (QED) is 0.817. The SMILES string of the molecule is CC(C)(C)OC(=O)NCCNCc1ccc(F)c(C#N)c1. The lowest BCUT2D eigenvalue weighted by Crippen LogP contribution is -2.36. The third kappa shape index (κ3) is 6.72. The maximum Gasteiger partial charge on any atom is 0.407 e. The van der Waals surface area contributed by atoms with E-state index in [-0.39, 0.29) is 5.56 Å². The average Bonchev–Trinajstić information content (AvgIpc) is 2.38. The van der Waals surface area contributed by atoms with Crippen LogP contribution in [0, 0.1) is 17.1 Å². The number of benzene rings is 1. The molecule has 0 saturated carbocycles. The van der Waals surface area contributed by atoms with E-state index in [1.165, 1.54) is 12.1 Å². The normalized spacial score (nSPS) is 10.8. The second kappa shape index (κ2) is 7.60. The summed E-state index contributed by atoms with van der Waals surface area (Å²) in [6.07, 6.45) is -0.460. The van der Waals surface area contributed by atoms with Crippen molar-refractivity contribution in [2.24, 2.45) is 0 Å². The molecule has 0 radical (unpaired) electrons. The molecule has 1 aromatic rings. The molecule has 5 nitrogen and oxygen atoms in total. The molecule has 0 aromatic heterocycles. The molecule has 0 bridgehead atoms. The molecule has 0 unspecified atom stereocenters. The van der Waals surface area contributed by atoms with Crippen molar-refractivity contribution in [3.8, 4) is 6.07 Å². The highest BCUT2D eigenvalue weighted by Crippen LogP contribution is 2.09. The van der Waals surface area contributed by atoms with E-state index in [4.69, 9.17) is 10.00 Å². The number of ether oxygens (including phenoxy) is 1. The van der Waals surface area contributed by atoms with Crippen LogP contribution in [-0.4, -0.2) is 24.8 Å². The fourth-order valence-electron chi connectivity index (χ4n) is 1.57. The minimum atomic E-state index is -0.521. The molecule has 1 aromatic carbocycles. The van der Waals surface area contributed by atoms with Gasteiger partial charge in [0, 0.05) is 19.6 Å². The first kappa shape index (κ1) is 16.9. The van der Waals surface area contributed by atoms with Gasteiger partial charge in [-0.2, -0.15) is 5.26 Å². The Balaban J connectivity index is 2.26. The first-order valence-corrected chi connectivity index (χ1v) is 6.68. The Bertz CT molecular complexity index is 533. The van der Waals surface area contributed by atoms with Gasteiger partial charge in [0.1, 0.15) is 17.5 Å². The van der Waals surface area contributed by atoms with Crippen LogP contribution in [0.1, 0.15) is 31.9 Å². The summed E-state index contributed by atoms with van der Waals surface area (Å²) in [5, 5.41) is 14.4. The van der Waals surface area contributed by atoms with Crippen LogP contribution in [0.15, 0.2) is 18.2 Å². The van der Waals surface area contributed by atoms with Crippen molar-refractivity contribution in [3.63, 3.8) is 0 Å². The van der Waals surface area contributed by atoms with Crippen LogP contribution in [0.3, 0.4) is 0 Å². The standard InChI is InChI=1S/C15H20FN3O2/c1-15(2,3)21-14(20)19-7-6-18-10-11-4-5-13(16)12(8-11)9-17/h4-5,8,18H,6-7,10H2,1-3H3,(H,19,20). The number of nitrogens with zero attached hydrogens (tertiary/aromatic N) is 1. The summed E-state index contributed by atoms with van der Waals surface area (Å²) in [4.78, 5) is 11.4. The molecular formula is C15H20FN3O2. The zero-order valence-electron chi connectivity index (χ0n) is 12.5. The van der Waals surface area contributed by atoms with Gasteiger partial charge in [-0.1, -0.05) is 6.07 Å². The minimum absolute atomic E-state index is 0.0289. The summed E-state index contributed by atoms with van der Waals surface area (Å²) in [5.74, 6) is -0.521. The van der Waals surface area contributed by atoms with Gasteiger partial charge >= 0.3 is 6.09 Å². The number of halogens is 1. The van der Waals surface area contributed by atoms with Crippen LogP contribution in [-0.2, 0) is 11.3 Å². The van der Waals surface area contributed by atoms with Crippen LogP contribution >= 0.6 is 0 Å². The fraction of sp³-hybridized carbons (Fsp3) is 0.467. The van der Waals surface area contributed by atoms with Gasteiger partial charge in [0.2, 0.25) is 0 Å². The second-order valence-electron chi connectivity index (χ2n) is 5.53. The highest BCUT2D eigenvalue weighted by atomic mass is 19.1. The molecule has 0 atom stereocenters. The molecule has 0 aliphatic heterocycles. The smallest absolute Gasteiger partial charge is 0.407 e. The molecule has 1 rings (SSSR count). The highest BCUT2D eigenvalue weighted by molar-refractivity contribution is 5.67. The van der Waals surface area contributed by atoms with Gasteiger partial charge in [-0.05, 0) is 38.5 Å². The number of rotatable bonds is 5. The summed E-state index contributed by atoms with van der Waals surface area (Å²) in [7, 11) is 0. The van der Waals surface area contributed by atoms with Crippen LogP contribution < -0.4 is 10.6 Å². The van der Waals surface area contributed by atoms with E-state index in [1.807, 2.05) is 0 Å². The summed E-state index contributed by atoms with van der Waals surface area (Å²) in [6.45, 7) is 6.84. The number of hydrogen-bond donors (Lipinski definition) is 2. The number of nitriles is 1. The largest absolute Gasteiger partial charge is 0.444 e. The Morgan fingerprint density at radius 3 is 2.71 bits per heavy atom. The van der Waals surface area contributed by atoms with Gasteiger partial charge in [-0.3, -0.25) is 0 Å². The van der Waals surface area contributed by atoms with Crippen molar-refractivity contribution in [2.75, 3.05) is 13.1 Å². The predicted octanol–water partition coefficient (Wildman–Crippen LogP) is 2.31. The van der Waals surface area contributed by atoms with Crippen molar-refractivity contribution < 1.29 is 13.9 Å². The number of nitrogens with one attached hydrogen (secondary N) is 2. The Kier molecular flexibility index (Phi) is 6.12. The molecule has 2 N–H and O–H groups in total. The molecule has 0 aliphatic carbocycles. The van der Waals surface area contributed by atoms with Gasteiger partial charge < -0.3 is 15.4 Å². The lowest BCUT2D eigenvalue weighted by molar-refractivity contribution is 0.0528.